The summed E-state index contributed by atoms with van der Waals surface area (Å²) in [6, 6.07) is 4.43. The smallest absolute Gasteiger partial charge is 0.188 e. The van der Waals surface area contributed by atoms with Crippen LogP contribution >= 0.6 is 0 Å². The number of rotatable bonds is 7. The summed E-state index contributed by atoms with van der Waals surface area (Å²) in [5, 5.41) is 0. The summed E-state index contributed by atoms with van der Waals surface area (Å²) in [7, 11) is 0. The Morgan fingerprint density at radius 2 is 1.68 bits per heavy atom. The summed E-state index contributed by atoms with van der Waals surface area (Å²) >= 11 is 0. The number of benzene rings is 1. The van der Waals surface area contributed by atoms with Crippen molar-refractivity contribution in [1.29, 1.82) is 0 Å². The number of Topliss-reactive ketones (excluding diaryl/α,β-unsaturated/α-hetero) is 1. The fourth-order valence-corrected chi connectivity index (χ4v) is 4.65. The van der Waals surface area contributed by atoms with E-state index in [-0.39, 0.29) is 18.0 Å². The molecule has 0 atom stereocenters. The second-order valence-corrected chi connectivity index (χ2v) is 8.11. The Bertz CT molecular complexity index is 716. The molecule has 0 aromatic heterocycles. The molecule has 1 heterocycles. The predicted molar refractivity (Wildman–Crippen MR) is 111 cm³/mol. The van der Waals surface area contributed by atoms with Crippen LogP contribution in [0.3, 0.4) is 0 Å². The van der Waals surface area contributed by atoms with Gasteiger partial charge in [-0.1, -0.05) is 31.5 Å². The summed E-state index contributed by atoms with van der Waals surface area (Å²) in [6.07, 6.45) is 5.03. The molecule has 4 heteroatoms. The summed E-state index contributed by atoms with van der Waals surface area (Å²) in [5.41, 5.74) is 5.60. The molecule has 4 nitrogen and oxygen atoms in total. The van der Waals surface area contributed by atoms with Crippen molar-refractivity contribution in [3.8, 4) is 0 Å². The normalized spacial score (nSPS) is 19.4. The molecule has 0 saturated carbocycles. The van der Waals surface area contributed by atoms with E-state index in [9.17, 15) is 4.79 Å². The van der Waals surface area contributed by atoms with E-state index < -0.39 is 0 Å². The van der Waals surface area contributed by atoms with Gasteiger partial charge in [0.2, 0.25) is 0 Å². The molecule has 1 aromatic rings. The lowest BCUT2D eigenvalue weighted by Gasteiger charge is -2.41. The first-order valence-corrected chi connectivity index (χ1v) is 10.7. The van der Waals surface area contributed by atoms with Gasteiger partial charge in [-0.2, -0.15) is 0 Å². The first kappa shape index (κ1) is 21.1. The molecule has 3 rings (SSSR count). The van der Waals surface area contributed by atoms with Crippen LogP contribution < -0.4 is 0 Å². The highest BCUT2D eigenvalue weighted by Gasteiger charge is 2.43. The lowest BCUT2D eigenvalue weighted by Crippen LogP contribution is -2.36. The van der Waals surface area contributed by atoms with Crippen LogP contribution in [0.4, 0.5) is 0 Å². The highest BCUT2D eigenvalue weighted by atomic mass is 16.7. The van der Waals surface area contributed by atoms with Crippen LogP contribution in [-0.4, -0.2) is 32.4 Å². The molecule has 1 fully saturated rings. The van der Waals surface area contributed by atoms with Crippen molar-refractivity contribution in [2.45, 2.75) is 66.2 Å². The van der Waals surface area contributed by atoms with Gasteiger partial charge >= 0.3 is 0 Å². The van der Waals surface area contributed by atoms with Gasteiger partial charge in [0.05, 0.1) is 5.57 Å². The molecule has 1 aliphatic heterocycles. The number of carbonyl (C=O) groups is 1. The Morgan fingerprint density at radius 1 is 1.04 bits per heavy atom. The molecule has 1 aromatic carbocycles. The Morgan fingerprint density at radius 3 is 2.25 bits per heavy atom. The van der Waals surface area contributed by atoms with Gasteiger partial charge in [0.15, 0.2) is 12.6 Å². The van der Waals surface area contributed by atoms with E-state index in [2.05, 4.69) is 32.9 Å². The van der Waals surface area contributed by atoms with Crippen molar-refractivity contribution in [2.24, 2.45) is 5.41 Å². The minimum absolute atomic E-state index is 0.0240. The zero-order chi connectivity index (χ0) is 20.1. The molecule has 1 aliphatic carbocycles. The minimum atomic E-state index is -0.0240. The monoisotopic (exact) mass is 386 g/mol. The van der Waals surface area contributed by atoms with E-state index in [1.165, 1.54) is 16.7 Å². The zero-order valence-corrected chi connectivity index (χ0v) is 17.9. The van der Waals surface area contributed by atoms with Crippen molar-refractivity contribution in [1.82, 2.24) is 0 Å². The van der Waals surface area contributed by atoms with Crippen LogP contribution in [0.15, 0.2) is 17.9 Å². The second-order valence-electron chi connectivity index (χ2n) is 8.11. The van der Waals surface area contributed by atoms with Crippen LogP contribution in [0.25, 0.3) is 5.57 Å². The van der Waals surface area contributed by atoms with Crippen molar-refractivity contribution < 1.29 is 19.0 Å². The molecule has 0 bridgehead atoms. The van der Waals surface area contributed by atoms with E-state index in [0.29, 0.717) is 13.0 Å². The highest BCUT2D eigenvalue weighted by molar-refractivity contribution is 6.23. The maximum Gasteiger partial charge on any atom is 0.188 e. The van der Waals surface area contributed by atoms with Crippen LogP contribution in [0.5, 0.6) is 0 Å². The Balaban J connectivity index is 2.11. The molecule has 28 heavy (non-hydrogen) atoms. The SMILES string of the molecule is CCOCOC1=C(c2c(CC)cc(C)cc2CC)C(=O)CC2(CCOCC2)C1. The van der Waals surface area contributed by atoms with Crippen LogP contribution in [0, 0.1) is 12.3 Å². The maximum atomic E-state index is 13.5. The van der Waals surface area contributed by atoms with Crippen molar-refractivity contribution >= 4 is 11.4 Å². The first-order chi connectivity index (χ1) is 13.5. The molecule has 0 N–H and O–H groups in total. The molecule has 2 aliphatic rings. The third kappa shape index (κ3) is 4.33. The van der Waals surface area contributed by atoms with Crippen LogP contribution in [-0.2, 0) is 31.8 Å². The molecule has 0 unspecified atom stereocenters. The van der Waals surface area contributed by atoms with E-state index in [4.69, 9.17) is 14.2 Å². The quantitative estimate of drug-likeness (QED) is 0.488. The number of allylic oxidation sites excluding steroid dienone is 2. The molecular formula is C24H34O4. The third-order valence-electron chi connectivity index (χ3n) is 6.16. The third-order valence-corrected chi connectivity index (χ3v) is 6.16. The number of ether oxygens (including phenoxy) is 3. The Hall–Kier alpha value is -1.65. The minimum Gasteiger partial charge on any atom is -0.471 e. The highest BCUT2D eigenvalue weighted by Crippen LogP contribution is 2.48. The number of hydrogen-bond acceptors (Lipinski definition) is 4. The van der Waals surface area contributed by atoms with Gasteiger partial charge in [-0.3, -0.25) is 4.79 Å². The molecule has 0 radical (unpaired) electrons. The van der Waals surface area contributed by atoms with E-state index in [1.54, 1.807) is 0 Å². The summed E-state index contributed by atoms with van der Waals surface area (Å²) < 4.78 is 17.2. The molecule has 154 valence electrons. The van der Waals surface area contributed by atoms with Crippen LogP contribution in [0.1, 0.15) is 68.7 Å². The lowest BCUT2D eigenvalue weighted by molar-refractivity contribution is -0.119. The number of ketones is 1. The largest absolute Gasteiger partial charge is 0.471 e. The number of hydrogen-bond donors (Lipinski definition) is 0. The summed E-state index contributed by atoms with van der Waals surface area (Å²) in [4.78, 5) is 13.5. The molecule has 1 spiro atoms. The Labute approximate surface area is 169 Å². The average Bonchev–Trinajstić information content (AvgIpc) is 2.68. The predicted octanol–water partition coefficient (Wildman–Crippen LogP) is 5.00. The number of carbonyl (C=O) groups excluding carboxylic acids is 1. The van der Waals surface area contributed by atoms with E-state index in [1.807, 2.05) is 6.92 Å². The summed E-state index contributed by atoms with van der Waals surface area (Å²) in [5.74, 6) is 1.03. The average molecular weight is 387 g/mol. The van der Waals surface area contributed by atoms with Gasteiger partial charge in [0.25, 0.3) is 0 Å². The van der Waals surface area contributed by atoms with Crippen molar-refractivity contribution in [3.05, 3.63) is 40.1 Å². The standard InChI is InChI=1S/C24H34O4/c1-5-18-12-17(4)13-19(6-2)22(18)23-20(25)14-24(8-10-27-11-9-24)15-21(23)28-16-26-7-3/h12-13H,5-11,14-16H2,1-4H3. The lowest BCUT2D eigenvalue weighted by atomic mass is 9.67. The Kier molecular flexibility index (Phi) is 6.95. The van der Waals surface area contributed by atoms with Gasteiger partial charge < -0.3 is 14.2 Å². The second kappa shape index (κ2) is 9.23. The van der Waals surface area contributed by atoms with Crippen molar-refractivity contribution in [3.63, 3.8) is 0 Å². The van der Waals surface area contributed by atoms with Gasteiger partial charge in [-0.05, 0) is 61.6 Å². The number of aryl methyl sites for hydroxylation is 3. The van der Waals surface area contributed by atoms with Crippen LogP contribution in [0.2, 0.25) is 0 Å². The zero-order valence-electron chi connectivity index (χ0n) is 17.9. The van der Waals surface area contributed by atoms with Gasteiger partial charge in [0, 0.05) is 32.7 Å². The molecular weight excluding hydrogens is 352 g/mol. The van der Waals surface area contributed by atoms with Crippen molar-refractivity contribution in [2.75, 3.05) is 26.6 Å². The first-order valence-electron chi connectivity index (χ1n) is 10.7. The fraction of sp³-hybridized carbons (Fsp3) is 0.625. The van der Waals surface area contributed by atoms with Gasteiger partial charge in [-0.25, -0.2) is 0 Å². The topological polar surface area (TPSA) is 44.8 Å². The van der Waals surface area contributed by atoms with E-state index in [0.717, 1.165) is 62.2 Å². The van der Waals surface area contributed by atoms with Gasteiger partial charge in [-0.15, -0.1) is 0 Å². The molecule has 1 saturated heterocycles. The maximum absolute atomic E-state index is 13.5. The summed E-state index contributed by atoms with van der Waals surface area (Å²) in [6.45, 7) is 10.7. The fourth-order valence-electron chi connectivity index (χ4n) is 4.65. The molecule has 0 amide bonds. The van der Waals surface area contributed by atoms with E-state index >= 15 is 0 Å². The van der Waals surface area contributed by atoms with Gasteiger partial charge in [0.1, 0.15) is 5.76 Å².